The molecule has 0 radical (unpaired) electrons. The van der Waals surface area contributed by atoms with Gasteiger partial charge in [0.05, 0.1) is 0 Å². The summed E-state index contributed by atoms with van der Waals surface area (Å²) in [6.45, 7) is 0. The van der Waals surface area contributed by atoms with Crippen molar-refractivity contribution >= 4 is 11.8 Å². The van der Waals surface area contributed by atoms with Gasteiger partial charge in [-0.15, -0.1) is 0 Å². The molecule has 0 heterocycles. The Morgan fingerprint density at radius 3 is 2.35 bits per heavy atom. The first kappa shape index (κ1) is 15.2. The predicted octanol–water partition coefficient (Wildman–Crippen LogP) is 6.06. The van der Waals surface area contributed by atoms with Crippen LogP contribution in [-0.2, 0) is 0 Å². The molecule has 0 atom stereocenters. The number of hydrogen-bond acceptors (Lipinski definition) is 2. The molecule has 1 N–H and O–H groups in total. The van der Waals surface area contributed by atoms with E-state index in [0.29, 0.717) is 5.75 Å². The van der Waals surface area contributed by atoms with Crippen molar-refractivity contribution in [2.24, 2.45) is 0 Å². The Morgan fingerprint density at radius 1 is 0.850 bits per heavy atom. The molecule has 1 nitrogen and oxygen atoms in total. The van der Waals surface area contributed by atoms with Gasteiger partial charge >= 0.3 is 0 Å². The largest absolute Gasteiger partial charge is 0.508 e. The molecule has 0 amide bonds. The van der Waals surface area contributed by atoms with Gasteiger partial charge < -0.3 is 5.11 Å². The minimum Gasteiger partial charge on any atom is -0.508 e. The van der Waals surface area contributed by atoms with Crippen LogP contribution in [0.15, 0.2) is 52.3 Å². The molecule has 1 aromatic rings. The van der Waals surface area contributed by atoms with Crippen molar-refractivity contribution in [1.29, 1.82) is 0 Å². The van der Waals surface area contributed by atoms with Crippen molar-refractivity contribution in [2.75, 3.05) is 0 Å². The maximum absolute atomic E-state index is 9.34. The van der Waals surface area contributed by atoms with Gasteiger partial charge in [-0.1, -0.05) is 55.7 Å². The van der Waals surface area contributed by atoms with E-state index < -0.39 is 0 Å². The lowest BCUT2D eigenvalue weighted by Gasteiger charge is -2.08. The van der Waals surface area contributed by atoms with Gasteiger partial charge in [0.15, 0.2) is 0 Å². The molecule has 20 heavy (non-hydrogen) atoms. The van der Waals surface area contributed by atoms with Crippen LogP contribution < -0.4 is 0 Å². The molecule has 0 fully saturated rings. The van der Waals surface area contributed by atoms with E-state index in [1.54, 1.807) is 12.1 Å². The highest BCUT2D eigenvalue weighted by atomic mass is 32.2. The molecular formula is C18H24OS. The number of rotatable bonds is 2. The van der Waals surface area contributed by atoms with Crippen LogP contribution in [0.25, 0.3) is 0 Å². The number of allylic oxidation sites excluding steroid dienone is 4. The number of thioether (sulfide) groups is 1. The van der Waals surface area contributed by atoms with Crippen LogP contribution in [0.1, 0.15) is 51.4 Å². The van der Waals surface area contributed by atoms with E-state index in [2.05, 4.69) is 18.2 Å². The summed E-state index contributed by atoms with van der Waals surface area (Å²) < 4.78 is 0. The molecule has 0 saturated heterocycles. The Labute approximate surface area is 126 Å². The van der Waals surface area contributed by atoms with E-state index in [4.69, 9.17) is 0 Å². The molecular weight excluding hydrogens is 264 g/mol. The van der Waals surface area contributed by atoms with E-state index in [0.717, 1.165) is 6.42 Å². The summed E-state index contributed by atoms with van der Waals surface area (Å²) in [5, 5.41) is 9.34. The monoisotopic (exact) mass is 288 g/mol. The molecule has 0 bridgehead atoms. The Balaban J connectivity index is 1.98. The van der Waals surface area contributed by atoms with Crippen molar-refractivity contribution in [3.63, 3.8) is 0 Å². The van der Waals surface area contributed by atoms with E-state index in [1.807, 2.05) is 23.9 Å². The number of phenolic OH excluding ortho intramolecular Hbond substituents is 1. The standard InChI is InChI=1S/C18H24OS/c19-16-12-14-18(15-13-16)20-17-10-8-6-4-2-1-3-5-7-9-11-17/h6,8,10,12-15,19H,1-5,7,9,11H2. The first-order valence-electron chi connectivity index (χ1n) is 7.67. The van der Waals surface area contributed by atoms with Crippen LogP contribution in [0.5, 0.6) is 5.75 Å². The number of aromatic hydroxyl groups is 1. The molecule has 2 heteroatoms. The van der Waals surface area contributed by atoms with Gasteiger partial charge in [-0.3, -0.25) is 0 Å². The van der Waals surface area contributed by atoms with Gasteiger partial charge in [-0.25, -0.2) is 0 Å². The van der Waals surface area contributed by atoms with Crippen LogP contribution in [-0.4, -0.2) is 5.11 Å². The maximum Gasteiger partial charge on any atom is 0.115 e. The van der Waals surface area contributed by atoms with Crippen LogP contribution in [0.4, 0.5) is 0 Å². The van der Waals surface area contributed by atoms with Crippen LogP contribution in [0, 0.1) is 0 Å². The van der Waals surface area contributed by atoms with E-state index in [9.17, 15) is 5.11 Å². The Bertz CT molecular complexity index is 445. The number of hydrogen-bond donors (Lipinski definition) is 1. The third-order valence-electron chi connectivity index (χ3n) is 3.55. The summed E-state index contributed by atoms with van der Waals surface area (Å²) >= 11 is 1.82. The van der Waals surface area contributed by atoms with Gasteiger partial charge in [0, 0.05) is 4.90 Å². The Morgan fingerprint density at radius 2 is 1.55 bits per heavy atom. The minimum atomic E-state index is 0.335. The van der Waals surface area contributed by atoms with Gasteiger partial charge in [-0.05, 0) is 54.9 Å². The summed E-state index contributed by atoms with van der Waals surface area (Å²) in [6.07, 6.45) is 17.2. The summed E-state index contributed by atoms with van der Waals surface area (Å²) in [4.78, 5) is 2.63. The zero-order valence-electron chi connectivity index (χ0n) is 12.1. The predicted molar refractivity (Wildman–Crippen MR) is 88.1 cm³/mol. The van der Waals surface area contributed by atoms with Crippen molar-refractivity contribution in [1.82, 2.24) is 0 Å². The summed E-state index contributed by atoms with van der Waals surface area (Å²) in [7, 11) is 0. The highest BCUT2D eigenvalue weighted by Gasteiger charge is 2.02. The minimum absolute atomic E-state index is 0.335. The van der Waals surface area contributed by atoms with E-state index in [1.165, 1.54) is 54.7 Å². The second kappa shape index (κ2) is 8.91. The fraction of sp³-hybridized carbons (Fsp3) is 0.444. The maximum atomic E-state index is 9.34. The highest BCUT2D eigenvalue weighted by molar-refractivity contribution is 8.03. The Kier molecular flexibility index (Phi) is 6.79. The third kappa shape index (κ3) is 5.87. The SMILES string of the molecule is Oc1ccc(SC2=CC=CCCCCCCCC2)cc1. The zero-order valence-corrected chi connectivity index (χ0v) is 12.9. The summed E-state index contributed by atoms with van der Waals surface area (Å²) in [5.41, 5.74) is 0. The van der Waals surface area contributed by atoms with Gasteiger partial charge in [0.25, 0.3) is 0 Å². The second-order valence-corrected chi connectivity index (χ2v) is 6.52. The normalized spacial score (nSPS) is 17.9. The molecule has 0 spiro atoms. The van der Waals surface area contributed by atoms with Crippen molar-refractivity contribution < 1.29 is 5.11 Å². The van der Waals surface area contributed by atoms with Gasteiger partial charge in [0.2, 0.25) is 0 Å². The molecule has 0 saturated carbocycles. The van der Waals surface area contributed by atoms with Gasteiger partial charge in [0.1, 0.15) is 5.75 Å². The van der Waals surface area contributed by atoms with Crippen LogP contribution in [0.2, 0.25) is 0 Å². The average Bonchev–Trinajstić information content (AvgIpc) is 2.44. The average molecular weight is 288 g/mol. The van der Waals surface area contributed by atoms with Gasteiger partial charge in [-0.2, -0.15) is 0 Å². The molecule has 1 aliphatic carbocycles. The molecule has 0 aliphatic heterocycles. The molecule has 1 aromatic carbocycles. The zero-order chi connectivity index (χ0) is 14.0. The van der Waals surface area contributed by atoms with Crippen LogP contribution >= 0.6 is 11.8 Å². The van der Waals surface area contributed by atoms with E-state index >= 15 is 0 Å². The lowest BCUT2D eigenvalue weighted by Crippen LogP contribution is -1.84. The topological polar surface area (TPSA) is 20.2 Å². The second-order valence-electron chi connectivity index (χ2n) is 5.32. The summed E-state index contributed by atoms with van der Waals surface area (Å²) in [6, 6.07) is 7.49. The molecule has 0 aromatic heterocycles. The first-order chi connectivity index (χ1) is 9.84. The van der Waals surface area contributed by atoms with Crippen molar-refractivity contribution in [3.8, 4) is 5.75 Å². The van der Waals surface area contributed by atoms with E-state index in [-0.39, 0.29) is 0 Å². The lowest BCUT2D eigenvalue weighted by atomic mass is 10.1. The molecule has 0 unspecified atom stereocenters. The lowest BCUT2D eigenvalue weighted by molar-refractivity contribution is 0.475. The molecule has 2 rings (SSSR count). The number of phenols is 1. The number of benzene rings is 1. The third-order valence-corrected chi connectivity index (χ3v) is 4.66. The first-order valence-corrected chi connectivity index (χ1v) is 8.49. The smallest absolute Gasteiger partial charge is 0.115 e. The fourth-order valence-electron chi connectivity index (χ4n) is 2.37. The van der Waals surface area contributed by atoms with Crippen molar-refractivity contribution in [3.05, 3.63) is 47.4 Å². The molecule has 108 valence electrons. The summed E-state index contributed by atoms with van der Waals surface area (Å²) in [5.74, 6) is 0.335. The highest BCUT2D eigenvalue weighted by Crippen LogP contribution is 2.31. The quantitative estimate of drug-likeness (QED) is 0.714. The van der Waals surface area contributed by atoms with Crippen LogP contribution in [0.3, 0.4) is 0 Å². The fourth-order valence-corrected chi connectivity index (χ4v) is 3.34. The van der Waals surface area contributed by atoms with Crippen molar-refractivity contribution in [2.45, 2.75) is 56.3 Å². The Hall–Kier alpha value is -1.15. The molecule has 1 aliphatic rings.